The van der Waals surface area contributed by atoms with Gasteiger partial charge in [-0.05, 0) is 49.9 Å². The van der Waals surface area contributed by atoms with E-state index in [1.165, 1.54) is 12.1 Å². The highest BCUT2D eigenvalue weighted by Gasteiger charge is 2.19. The number of azo groups is 1. The van der Waals surface area contributed by atoms with E-state index in [9.17, 15) is 13.7 Å². The van der Waals surface area contributed by atoms with Crippen LogP contribution in [0.3, 0.4) is 0 Å². The normalized spacial score (nSPS) is 11.6. The molecule has 0 amide bonds. The molecule has 0 fully saturated rings. The number of ether oxygens (including phenoxy) is 1. The van der Waals surface area contributed by atoms with E-state index in [2.05, 4.69) is 31.9 Å². The fourth-order valence-corrected chi connectivity index (χ4v) is 5.28. The van der Waals surface area contributed by atoms with E-state index in [4.69, 9.17) is 14.9 Å². The molecule has 0 radical (unpaired) electrons. The van der Waals surface area contributed by atoms with Crippen molar-refractivity contribution in [1.82, 2.24) is 9.88 Å². The fraction of sp³-hybridized carbons (Fsp3) is 0.379. The Balaban J connectivity index is 1.87. The smallest absolute Gasteiger partial charge is 0.179 e. The predicted octanol–water partition coefficient (Wildman–Crippen LogP) is 3.93. The number of aliphatic hydroxyl groups excluding tert-OH is 2. The number of hydrogen-bond acceptors (Lipinski definition) is 12. The van der Waals surface area contributed by atoms with E-state index in [1.54, 1.807) is 19.1 Å². The lowest BCUT2D eigenvalue weighted by atomic mass is 10.1. The summed E-state index contributed by atoms with van der Waals surface area (Å²) < 4.78 is 30.9. The molecule has 0 spiro atoms. The average Bonchev–Trinajstić information content (AvgIpc) is 2.99. The lowest BCUT2D eigenvalue weighted by molar-refractivity contribution is 0.0992. The predicted molar refractivity (Wildman–Crippen MR) is 162 cm³/mol. The standard InChI is InChI=1S/C29H37N7O5S/c1-3-36(14-16-37)15-20-42(39,40)25-11-9-24(10-12-25)34-35-27-22(2)26(21-30)28(31-13-18-41-19-17-38)33-29(27)32-23-7-5-4-6-8-23/h4-12,37-38H,3,13-20H2,1-2H3,(H2,31,32,33). The zero-order valence-corrected chi connectivity index (χ0v) is 24.6. The first-order valence-corrected chi connectivity index (χ1v) is 15.2. The molecule has 0 saturated carbocycles. The van der Waals surface area contributed by atoms with E-state index < -0.39 is 9.84 Å². The van der Waals surface area contributed by atoms with Crippen LogP contribution in [0.25, 0.3) is 0 Å². The Kier molecular flexibility index (Phi) is 12.8. The summed E-state index contributed by atoms with van der Waals surface area (Å²) in [6, 6.07) is 17.7. The number of nitrogens with zero attached hydrogens (tertiary/aromatic N) is 5. The summed E-state index contributed by atoms with van der Waals surface area (Å²) in [5, 5.41) is 43.0. The van der Waals surface area contributed by atoms with E-state index in [-0.39, 0.29) is 30.5 Å². The molecule has 3 aromatic rings. The van der Waals surface area contributed by atoms with Crippen molar-refractivity contribution in [1.29, 1.82) is 5.26 Å². The van der Waals surface area contributed by atoms with Gasteiger partial charge in [-0.2, -0.15) is 10.4 Å². The monoisotopic (exact) mass is 595 g/mol. The van der Waals surface area contributed by atoms with Gasteiger partial charge >= 0.3 is 0 Å². The maximum atomic E-state index is 12.8. The number of pyridine rings is 1. The van der Waals surface area contributed by atoms with E-state index >= 15 is 0 Å². The van der Waals surface area contributed by atoms with Crippen molar-refractivity contribution >= 4 is 38.5 Å². The van der Waals surface area contributed by atoms with Gasteiger partial charge in [0.15, 0.2) is 15.7 Å². The van der Waals surface area contributed by atoms with Gasteiger partial charge in [-0.1, -0.05) is 25.1 Å². The summed E-state index contributed by atoms with van der Waals surface area (Å²) in [4.78, 5) is 6.68. The van der Waals surface area contributed by atoms with Gasteiger partial charge in [0.25, 0.3) is 0 Å². The van der Waals surface area contributed by atoms with Crippen LogP contribution in [0.15, 0.2) is 69.7 Å². The molecule has 0 aliphatic rings. The Labute approximate surface area is 246 Å². The van der Waals surface area contributed by atoms with Gasteiger partial charge in [0.1, 0.15) is 17.6 Å². The maximum absolute atomic E-state index is 12.8. The highest BCUT2D eigenvalue weighted by atomic mass is 32.2. The zero-order valence-electron chi connectivity index (χ0n) is 23.8. The summed E-state index contributed by atoms with van der Waals surface area (Å²) in [7, 11) is -3.52. The molecule has 1 heterocycles. The second-order valence-electron chi connectivity index (χ2n) is 9.19. The molecule has 0 aliphatic carbocycles. The van der Waals surface area contributed by atoms with Gasteiger partial charge in [-0.15, -0.1) is 5.11 Å². The van der Waals surface area contributed by atoms with Crippen LogP contribution in [0, 0.1) is 18.3 Å². The minimum atomic E-state index is -3.52. The van der Waals surface area contributed by atoms with Crippen LogP contribution in [0.2, 0.25) is 0 Å². The molecule has 3 rings (SSSR count). The number of aromatic nitrogens is 1. The number of anilines is 3. The van der Waals surface area contributed by atoms with Crippen molar-refractivity contribution in [3.63, 3.8) is 0 Å². The van der Waals surface area contributed by atoms with Crippen molar-refractivity contribution in [3.8, 4) is 6.07 Å². The van der Waals surface area contributed by atoms with Crippen molar-refractivity contribution in [2.24, 2.45) is 10.2 Å². The van der Waals surface area contributed by atoms with Crippen LogP contribution in [-0.4, -0.2) is 86.9 Å². The molecule has 0 saturated heterocycles. The van der Waals surface area contributed by atoms with Crippen LogP contribution >= 0.6 is 0 Å². The van der Waals surface area contributed by atoms with Gasteiger partial charge in [-0.25, -0.2) is 13.4 Å². The molecule has 12 nitrogen and oxygen atoms in total. The molecule has 0 aliphatic heterocycles. The second kappa shape index (κ2) is 16.5. The van der Waals surface area contributed by atoms with Gasteiger partial charge < -0.3 is 30.5 Å². The molecular weight excluding hydrogens is 558 g/mol. The number of rotatable bonds is 17. The van der Waals surface area contributed by atoms with Crippen LogP contribution in [0.1, 0.15) is 18.1 Å². The maximum Gasteiger partial charge on any atom is 0.179 e. The summed E-state index contributed by atoms with van der Waals surface area (Å²) >= 11 is 0. The van der Waals surface area contributed by atoms with Crippen molar-refractivity contribution in [2.45, 2.75) is 18.7 Å². The average molecular weight is 596 g/mol. The SMILES string of the molecule is CCN(CCO)CCS(=O)(=O)c1ccc(N=Nc2c(Nc3ccccc3)nc(NCCOCCO)c(C#N)c2C)cc1. The van der Waals surface area contributed by atoms with Crippen LogP contribution in [0.5, 0.6) is 0 Å². The Morgan fingerprint density at radius 2 is 1.74 bits per heavy atom. The first kappa shape index (κ1) is 32.6. The molecule has 4 N–H and O–H groups in total. The van der Waals surface area contributed by atoms with Gasteiger partial charge in [0.05, 0.1) is 48.3 Å². The zero-order chi connectivity index (χ0) is 30.4. The third-order valence-electron chi connectivity index (χ3n) is 6.34. The van der Waals surface area contributed by atoms with E-state index in [0.717, 1.165) is 5.69 Å². The molecule has 0 unspecified atom stereocenters. The Morgan fingerprint density at radius 3 is 2.38 bits per heavy atom. The molecule has 1 aromatic heterocycles. The van der Waals surface area contributed by atoms with Crippen molar-refractivity contribution in [2.75, 3.05) is 69.0 Å². The quantitative estimate of drug-likeness (QED) is 0.132. The molecule has 42 heavy (non-hydrogen) atoms. The number of nitriles is 1. The van der Waals surface area contributed by atoms with Crippen LogP contribution in [0.4, 0.5) is 28.7 Å². The Morgan fingerprint density at radius 1 is 1.00 bits per heavy atom. The summed E-state index contributed by atoms with van der Waals surface area (Å²) in [6.45, 7) is 5.87. The first-order chi connectivity index (χ1) is 20.3. The molecule has 224 valence electrons. The lowest BCUT2D eigenvalue weighted by Crippen LogP contribution is -2.31. The first-order valence-electron chi connectivity index (χ1n) is 13.6. The lowest BCUT2D eigenvalue weighted by Gasteiger charge is -2.18. The molecule has 0 atom stereocenters. The second-order valence-corrected chi connectivity index (χ2v) is 11.3. The number of sulfone groups is 1. The summed E-state index contributed by atoms with van der Waals surface area (Å²) in [6.07, 6.45) is 0. The van der Waals surface area contributed by atoms with Crippen LogP contribution < -0.4 is 10.6 Å². The van der Waals surface area contributed by atoms with E-state index in [1.807, 2.05) is 42.2 Å². The van der Waals surface area contributed by atoms with E-state index in [0.29, 0.717) is 66.9 Å². The Hall–Kier alpha value is -3.93. The number of hydrogen-bond donors (Lipinski definition) is 4. The number of para-hydroxylation sites is 1. The molecule has 2 aromatic carbocycles. The summed E-state index contributed by atoms with van der Waals surface area (Å²) in [5.41, 5.74) is 2.40. The topological polar surface area (TPSA) is 173 Å². The molecule has 13 heteroatoms. The van der Waals surface area contributed by atoms with Crippen molar-refractivity contribution < 1.29 is 23.4 Å². The molecule has 0 bridgehead atoms. The minimum absolute atomic E-state index is 0.0271. The number of aliphatic hydroxyl groups is 2. The fourth-order valence-electron chi connectivity index (χ4n) is 4.00. The third-order valence-corrected chi connectivity index (χ3v) is 8.05. The number of nitrogens with one attached hydrogen (secondary N) is 2. The van der Waals surface area contributed by atoms with Gasteiger partial charge in [-0.3, -0.25) is 0 Å². The number of likely N-dealkylation sites (N-methyl/N-ethyl adjacent to an activating group) is 1. The van der Waals surface area contributed by atoms with Gasteiger partial charge in [0.2, 0.25) is 0 Å². The molecular formula is C29H37N7O5S. The Bertz CT molecular complexity index is 1460. The van der Waals surface area contributed by atoms with Crippen LogP contribution in [-0.2, 0) is 14.6 Å². The number of benzene rings is 2. The highest BCUT2D eigenvalue weighted by Crippen LogP contribution is 2.36. The van der Waals surface area contributed by atoms with Gasteiger partial charge in [0, 0.05) is 30.9 Å². The summed E-state index contributed by atoms with van der Waals surface area (Å²) in [5.74, 6) is 0.671. The third kappa shape index (κ3) is 9.30. The van der Waals surface area contributed by atoms with Crippen molar-refractivity contribution in [3.05, 3.63) is 65.7 Å². The highest BCUT2D eigenvalue weighted by molar-refractivity contribution is 7.91. The largest absolute Gasteiger partial charge is 0.395 e. The minimum Gasteiger partial charge on any atom is -0.395 e.